The van der Waals surface area contributed by atoms with E-state index in [-0.39, 0.29) is 6.08 Å². The zero-order valence-corrected chi connectivity index (χ0v) is 6.58. The number of allylic oxidation sites excluding steroid dienone is 2. The van der Waals surface area contributed by atoms with Gasteiger partial charge in [-0.2, -0.15) is 13.2 Å². The Hall–Kier alpha value is -0.320. The molecule has 0 atom stereocenters. The molecule has 0 spiro atoms. The van der Waals surface area contributed by atoms with Crippen molar-refractivity contribution in [2.75, 3.05) is 0 Å². The third kappa shape index (κ3) is 4.55. The number of ketones is 1. The fraction of sp³-hybridized carbons (Fsp3) is 0.400. The number of rotatable bonds is 1. The Morgan fingerprint density at radius 2 is 1.90 bits per heavy atom. The Labute approximate surface area is 64.0 Å². The first-order valence-electron chi connectivity index (χ1n) is 2.29. The van der Waals surface area contributed by atoms with Gasteiger partial charge in [0.05, 0.1) is 4.48 Å². The molecule has 0 bridgehead atoms. The highest BCUT2D eigenvalue weighted by molar-refractivity contribution is 9.12. The molecule has 0 aliphatic carbocycles. The molecular formula is C5H4BrF3O. The van der Waals surface area contributed by atoms with Crippen LogP contribution >= 0.6 is 15.9 Å². The SMILES string of the molecule is CC(=O)/C(Br)=C/C(F)(F)F. The van der Waals surface area contributed by atoms with E-state index in [1.54, 1.807) is 0 Å². The van der Waals surface area contributed by atoms with Gasteiger partial charge in [-0.25, -0.2) is 0 Å². The van der Waals surface area contributed by atoms with Crippen molar-refractivity contribution >= 4 is 21.7 Å². The quantitative estimate of drug-likeness (QED) is 0.616. The summed E-state index contributed by atoms with van der Waals surface area (Å²) in [5.74, 6) is -0.641. The Morgan fingerprint density at radius 1 is 1.50 bits per heavy atom. The third-order valence-electron chi connectivity index (χ3n) is 0.627. The molecule has 0 aromatic heterocycles. The monoisotopic (exact) mass is 216 g/mol. The Kier molecular flexibility index (Phi) is 3.08. The standard InChI is InChI=1S/C5H4BrF3O/c1-3(10)4(6)2-5(7,8)9/h2H,1H3/b4-2-. The van der Waals surface area contributed by atoms with Gasteiger partial charge in [0.15, 0.2) is 5.78 Å². The number of halogens is 4. The van der Waals surface area contributed by atoms with Crippen molar-refractivity contribution in [1.82, 2.24) is 0 Å². The summed E-state index contributed by atoms with van der Waals surface area (Å²) >= 11 is 2.47. The van der Waals surface area contributed by atoms with Crippen LogP contribution in [0.1, 0.15) is 6.92 Å². The van der Waals surface area contributed by atoms with Crippen LogP contribution in [0.4, 0.5) is 13.2 Å². The van der Waals surface area contributed by atoms with Gasteiger partial charge in [0.25, 0.3) is 0 Å². The second-order valence-electron chi connectivity index (χ2n) is 1.59. The first kappa shape index (κ1) is 9.68. The molecule has 0 fully saturated rings. The number of hydrogen-bond donors (Lipinski definition) is 0. The molecule has 0 rings (SSSR count). The lowest BCUT2D eigenvalue weighted by molar-refractivity contribution is -0.113. The summed E-state index contributed by atoms with van der Waals surface area (Å²) in [5.41, 5.74) is 0. The van der Waals surface area contributed by atoms with Crippen LogP contribution in [0, 0.1) is 0 Å². The normalized spacial score (nSPS) is 13.5. The summed E-state index contributed by atoms with van der Waals surface area (Å²) in [7, 11) is 0. The van der Waals surface area contributed by atoms with Crippen LogP contribution in [0.2, 0.25) is 0 Å². The minimum atomic E-state index is -4.43. The van der Waals surface area contributed by atoms with Gasteiger partial charge in [-0.3, -0.25) is 4.79 Å². The van der Waals surface area contributed by atoms with Crippen LogP contribution in [0.25, 0.3) is 0 Å². The van der Waals surface area contributed by atoms with E-state index in [1.165, 1.54) is 0 Å². The van der Waals surface area contributed by atoms with Crippen molar-refractivity contribution in [3.05, 3.63) is 10.6 Å². The predicted molar refractivity (Wildman–Crippen MR) is 33.7 cm³/mol. The van der Waals surface area contributed by atoms with Crippen molar-refractivity contribution in [2.45, 2.75) is 13.1 Å². The van der Waals surface area contributed by atoms with E-state index in [0.29, 0.717) is 0 Å². The Bertz CT molecular complexity index is 170. The average Bonchev–Trinajstić information content (AvgIpc) is 1.60. The molecule has 5 heteroatoms. The number of carbonyl (C=O) groups is 1. The van der Waals surface area contributed by atoms with Crippen LogP contribution in [0.3, 0.4) is 0 Å². The Morgan fingerprint density at radius 3 is 2.00 bits per heavy atom. The highest BCUT2D eigenvalue weighted by atomic mass is 79.9. The molecule has 0 aliphatic rings. The molecule has 0 heterocycles. The second kappa shape index (κ2) is 3.18. The summed E-state index contributed by atoms with van der Waals surface area (Å²) < 4.78 is 33.8. The smallest absolute Gasteiger partial charge is 0.294 e. The summed E-state index contributed by atoms with van der Waals surface area (Å²) in [5, 5.41) is 0. The van der Waals surface area contributed by atoms with E-state index < -0.39 is 16.4 Å². The molecule has 1 nitrogen and oxygen atoms in total. The lowest BCUT2D eigenvalue weighted by atomic mass is 10.4. The van der Waals surface area contributed by atoms with Gasteiger partial charge in [0, 0.05) is 6.08 Å². The molecule has 0 aromatic carbocycles. The molecule has 10 heavy (non-hydrogen) atoms. The highest BCUT2D eigenvalue weighted by Gasteiger charge is 2.24. The van der Waals surface area contributed by atoms with Crippen LogP contribution in [0.5, 0.6) is 0 Å². The molecule has 0 saturated carbocycles. The minimum Gasteiger partial charge on any atom is -0.294 e. The molecular weight excluding hydrogens is 213 g/mol. The van der Waals surface area contributed by atoms with Gasteiger partial charge >= 0.3 is 6.18 Å². The molecule has 0 aliphatic heterocycles. The molecule has 0 radical (unpaired) electrons. The predicted octanol–water partition coefficient (Wildman–Crippen LogP) is 2.42. The summed E-state index contributed by atoms with van der Waals surface area (Å²) in [6, 6.07) is 0. The van der Waals surface area contributed by atoms with Crippen molar-refractivity contribution in [3.8, 4) is 0 Å². The first-order chi connectivity index (χ1) is 4.33. The maximum absolute atomic E-state index is 11.4. The van der Waals surface area contributed by atoms with E-state index in [0.717, 1.165) is 6.92 Å². The number of carbonyl (C=O) groups excluding carboxylic acids is 1. The van der Waals surface area contributed by atoms with Crippen molar-refractivity contribution in [2.24, 2.45) is 0 Å². The summed E-state index contributed by atoms with van der Waals surface area (Å²) in [4.78, 5) is 10.2. The molecule has 0 saturated heterocycles. The topological polar surface area (TPSA) is 17.1 Å². The minimum absolute atomic E-state index is 0.0880. The first-order valence-corrected chi connectivity index (χ1v) is 3.08. The number of hydrogen-bond acceptors (Lipinski definition) is 1. The molecule has 0 aromatic rings. The number of Topliss-reactive ketones (excluding diaryl/α,β-unsaturated/α-hetero) is 1. The Balaban J connectivity index is 4.32. The maximum Gasteiger partial charge on any atom is 0.410 e. The molecule has 58 valence electrons. The molecule has 0 N–H and O–H groups in total. The summed E-state index contributed by atoms with van der Waals surface area (Å²) in [6.45, 7) is 1.05. The van der Waals surface area contributed by atoms with Crippen LogP contribution in [0.15, 0.2) is 10.6 Å². The lowest BCUT2D eigenvalue weighted by Gasteiger charge is -1.98. The average molecular weight is 217 g/mol. The van der Waals surface area contributed by atoms with Gasteiger partial charge in [-0.05, 0) is 22.9 Å². The fourth-order valence-electron chi connectivity index (χ4n) is 0.245. The zero-order chi connectivity index (χ0) is 8.36. The van der Waals surface area contributed by atoms with Crippen molar-refractivity contribution in [1.29, 1.82) is 0 Å². The fourth-order valence-corrected chi connectivity index (χ4v) is 0.505. The van der Waals surface area contributed by atoms with E-state index in [1.807, 2.05) is 0 Å². The van der Waals surface area contributed by atoms with Crippen LogP contribution < -0.4 is 0 Å². The van der Waals surface area contributed by atoms with Gasteiger partial charge in [-0.15, -0.1) is 0 Å². The van der Waals surface area contributed by atoms with Crippen molar-refractivity contribution in [3.63, 3.8) is 0 Å². The van der Waals surface area contributed by atoms with E-state index in [9.17, 15) is 18.0 Å². The summed E-state index contributed by atoms with van der Waals surface area (Å²) in [6.07, 6.45) is -4.51. The van der Waals surface area contributed by atoms with E-state index >= 15 is 0 Å². The van der Waals surface area contributed by atoms with Gasteiger partial charge in [0.2, 0.25) is 0 Å². The zero-order valence-electron chi connectivity index (χ0n) is 5.00. The van der Waals surface area contributed by atoms with Gasteiger partial charge in [0.1, 0.15) is 0 Å². The largest absolute Gasteiger partial charge is 0.410 e. The van der Waals surface area contributed by atoms with Crippen LogP contribution in [-0.2, 0) is 4.79 Å². The third-order valence-corrected chi connectivity index (χ3v) is 1.41. The lowest BCUT2D eigenvalue weighted by Crippen LogP contribution is -2.04. The van der Waals surface area contributed by atoms with E-state index in [4.69, 9.17) is 0 Å². The van der Waals surface area contributed by atoms with E-state index in [2.05, 4.69) is 15.9 Å². The maximum atomic E-state index is 11.4. The molecule has 0 amide bonds. The van der Waals surface area contributed by atoms with Crippen molar-refractivity contribution < 1.29 is 18.0 Å². The molecule has 0 unspecified atom stereocenters. The number of alkyl halides is 3. The van der Waals surface area contributed by atoms with Gasteiger partial charge < -0.3 is 0 Å². The van der Waals surface area contributed by atoms with Crippen LogP contribution in [-0.4, -0.2) is 12.0 Å². The second-order valence-corrected chi connectivity index (χ2v) is 2.44. The van der Waals surface area contributed by atoms with Gasteiger partial charge in [-0.1, -0.05) is 0 Å². The highest BCUT2D eigenvalue weighted by Crippen LogP contribution is 2.21.